The molecule has 0 aliphatic heterocycles. The second kappa shape index (κ2) is 7.07. The van der Waals surface area contributed by atoms with Crippen LogP contribution in [0.1, 0.15) is 31.4 Å². The fourth-order valence-electron chi connectivity index (χ4n) is 2.50. The van der Waals surface area contributed by atoms with Crippen LogP contribution in [0.15, 0.2) is 18.2 Å². The predicted octanol–water partition coefficient (Wildman–Crippen LogP) is 1.27. The first kappa shape index (κ1) is 15.3. The average Bonchev–Trinajstić information content (AvgIpc) is 2.42. The zero-order valence-electron chi connectivity index (χ0n) is 12.3. The third-order valence-corrected chi connectivity index (χ3v) is 3.61. The van der Waals surface area contributed by atoms with Crippen molar-refractivity contribution in [2.75, 3.05) is 13.2 Å². The smallest absolute Gasteiger partial charge is 0.122 e. The first-order valence-corrected chi connectivity index (χ1v) is 7.39. The Morgan fingerprint density at radius 2 is 2.20 bits per heavy atom. The van der Waals surface area contributed by atoms with E-state index in [1.54, 1.807) is 0 Å². The number of ether oxygens (including phenoxy) is 1. The lowest BCUT2D eigenvalue weighted by Gasteiger charge is -2.23. The van der Waals surface area contributed by atoms with Gasteiger partial charge in [0.1, 0.15) is 18.5 Å². The number of hydrogen-bond acceptors (Lipinski definition) is 4. The minimum absolute atomic E-state index is 0.237. The van der Waals surface area contributed by atoms with Gasteiger partial charge in [0.25, 0.3) is 0 Å². The molecule has 0 fully saturated rings. The standard InChI is InChI=1S/C16H25NO3/c1-11(2)17-9-14(19)10-20-16-5-3-4-12-8-13(18)6-7-15(12)16/h3-5,11,13-14,17-19H,6-10H2,1-2H3. The number of fused-ring (bicyclic) bond motifs is 1. The molecule has 20 heavy (non-hydrogen) atoms. The van der Waals surface area contributed by atoms with E-state index in [0.717, 1.165) is 24.2 Å². The molecule has 1 aromatic rings. The van der Waals surface area contributed by atoms with Gasteiger partial charge in [-0.2, -0.15) is 0 Å². The third kappa shape index (κ3) is 4.20. The summed E-state index contributed by atoms with van der Waals surface area (Å²) in [6, 6.07) is 6.29. The third-order valence-electron chi connectivity index (χ3n) is 3.61. The first-order valence-electron chi connectivity index (χ1n) is 7.39. The Kier molecular flexibility index (Phi) is 5.40. The van der Waals surface area contributed by atoms with Crippen LogP contribution in [-0.2, 0) is 12.8 Å². The molecule has 0 amide bonds. The monoisotopic (exact) mass is 279 g/mol. The van der Waals surface area contributed by atoms with E-state index in [0.29, 0.717) is 25.6 Å². The van der Waals surface area contributed by atoms with Gasteiger partial charge in [-0.3, -0.25) is 0 Å². The van der Waals surface area contributed by atoms with Gasteiger partial charge in [0, 0.05) is 12.6 Å². The van der Waals surface area contributed by atoms with E-state index in [4.69, 9.17) is 4.74 Å². The Bertz CT molecular complexity index is 434. The van der Waals surface area contributed by atoms with Gasteiger partial charge in [-0.25, -0.2) is 0 Å². The molecule has 112 valence electrons. The molecule has 4 heteroatoms. The Morgan fingerprint density at radius 1 is 1.40 bits per heavy atom. The molecule has 0 heterocycles. The molecule has 4 nitrogen and oxygen atoms in total. The molecule has 3 N–H and O–H groups in total. The van der Waals surface area contributed by atoms with Gasteiger partial charge >= 0.3 is 0 Å². The maximum Gasteiger partial charge on any atom is 0.122 e. The Hall–Kier alpha value is -1.10. The zero-order valence-corrected chi connectivity index (χ0v) is 12.3. The van der Waals surface area contributed by atoms with E-state index in [9.17, 15) is 10.2 Å². The van der Waals surface area contributed by atoms with E-state index >= 15 is 0 Å². The van der Waals surface area contributed by atoms with Crippen LogP contribution in [0.2, 0.25) is 0 Å². The fraction of sp³-hybridized carbons (Fsp3) is 0.625. The number of nitrogens with one attached hydrogen (secondary N) is 1. The molecular weight excluding hydrogens is 254 g/mol. The highest BCUT2D eigenvalue weighted by Crippen LogP contribution is 2.29. The van der Waals surface area contributed by atoms with Crippen molar-refractivity contribution in [2.45, 2.75) is 51.4 Å². The number of hydrogen-bond donors (Lipinski definition) is 3. The summed E-state index contributed by atoms with van der Waals surface area (Å²) in [5.41, 5.74) is 2.35. The van der Waals surface area contributed by atoms with Crippen LogP contribution >= 0.6 is 0 Å². The summed E-state index contributed by atoms with van der Waals surface area (Å²) in [6.07, 6.45) is 1.57. The Balaban J connectivity index is 1.92. The van der Waals surface area contributed by atoms with Gasteiger partial charge in [-0.05, 0) is 36.5 Å². The Labute approximate surface area is 120 Å². The summed E-state index contributed by atoms with van der Waals surface area (Å²) in [7, 11) is 0. The highest BCUT2D eigenvalue weighted by Gasteiger charge is 2.19. The molecule has 0 radical (unpaired) electrons. The minimum Gasteiger partial charge on any atom is -0.491 e. The second-order valence-electron chi connectivity index (χ2n) is 5.82. The van der Waals surface area contributed by atoms with Gasteiger partial charge in [-0.15, -0.1) is 0 Å². The van der Waals surface area contributed by atoms with Gasteiger partial charge < -0.3 is 20.3 Å². The normalized spacial score (nSPS) is 19.8. The van der Waals surface area contributed by atoms with E-state index < -0.39 is 6.10 Å². The number of aliphatic hydroxyl groups excluding tert-OH is 2. The van der Waals surface area contributed by atoms with E-state index in [1.165, 1.54) is 5.56 Å². The maximum atomic E-state index is 9.88. The molecule has 0 bridgehead atoms. The lowest BCUT2D eigenvalue weighted by Crippen LogP contribution is -2.35. The van der Waals surface area contributed by atoms with Crippen LogP contribution in [0.3, 0.4) is 0 Å². The lowest BCUT2D eigenvalue weighted by atomic mass is 9.89. The molecule has 1 aliphatic carbocycles. The number of aliphatic hydroxyl groups is 2. The van der Waals surface area contributed by atoms with Crippen LogP contribution in [0.25, 0.3) is 0 Å². The number of benzene rings is 1. The summed E-state index contributed by atoms with van der Waals surface area (Å²) < 4.78 is 5.76. The summed E-state index contributed by atoms with van der Waals surface area (Å²) in [5, 5.41) is 22.8. The summed E-state index contributed by atoms with van der Waals surface area (Å²) in [6.45, 7) is 4.92. The van der Waals surface area contributed by atoms with Crippen LogP contribution in [0.4, 0.5) is 0 Å². The van der Waals surface area contributed by atoms with Crippen molar-refractivity contribution in [3.05, 3.63) is 29.3 Å². The second-order valence-corrected chi connectivity index (χ2v) is 5.82. The Morgan fingerprint density at radius 3 is 2.95 bits per heavy atom. The molecule has 2 unspecified atom stereocenters. The van der Waals surface area contributed by atoms with Crippen molar-refractivity contribution >= 4 is 0 Å². The summed E-state index contributed by atoms with van der Waals surface area (Å²) in [4.78, 5) is 0. The summed E-state index contributed by atoms with van der Waals surface area (Å²) in [5.74, 6) is 0.845. The average molecular weight is 279 g/mol. The van der Waals surface area contributed by atoms with Crippen LogP contribution in [-0.4, -0.2) is 41.6 Å². The molecule has 1 aromatic carbocycles. The zero-order chi connectivity index (χ0) is 14.5. The minimum atomic E-state index is -0.512. The molecule has 0 spiro atoms. The van der Waals surface area contributed by atoms with E-state index in [-0.39, 0.29) is 6.10 Å². The van der Waals surface area contributed by atoms with Gasteiger partial charge in [0.05, 0.1) is 6.10 Å². The van der Waals surface area contributed by atoms with Crippen molar-refractivity contribution < 1.29 is 14.9 Å². The van der Waals surface area contributed by atoms with Crippen molar-refractivity contribution in [1.82, 2.24) is 5.32 Å². The molecule has 1 aliphatic rings. The topological polar surface area (TPSA) is 61.7 Å². The van der Waals surface area contributed by atoms with Crippen molar-refractivity contribution in [3.63, 3.8) is 0 Å². The van der Waals surface area contributed by atoms with Gasteiger partial charge in [-0.1, -0.05) is 26.0 Å². The largest absolute Gasteiger partial charge is 0.491 e. The van der Waals surface area contributed by atoms with Crippen LogP contribution in [0, 0.1) is 0 Å². The highest BCUT2D eigenvalue weighted by molar-refractivity contribution is 5.42. The van der Waals surface area contributed by atoms with Gasteiger partial charge in [0.2, 0.25) is 0 Å². The van der Waals surface area contributed by atoms with Crippen molar-refractivity contribution in [1.29, 1.82) is 0 Å². The first-order chi connectivity index (χ1) is 9.56. The van der Waals surface area contributed by atoms with Crippen LogP contribution in [0.5, 0.6) is 5.75 Å². The van der Waals surface area contributed by atoms with Crippen molar-refractivity contribution in [2.24, 2.45) is 0 Å². The predicted molar refractivity (Wildman–Crippen MR) is 79.1 cm³/mol. The molecule has 0 saturated heterocycles. The molecule has 0 aromatic heterocycles. The van der Waals surface area contributed by atoms with Crippen molar-refractivity contribution in [3.8, 4) is 5.75 Å². The SMILES string of the molecule is CC(C)NCC(O)COc1cccc2c1CCC(O)C2. The van der Waals surface area contributed by atoms with E-state index in [1.807, 2.05) is 32.0 Å². The highest BCUT2D eigenvalue weighted by atomic mass is 16.5. The molecule has 0 saturated carbocycles. The van der Waals surface area contributed by atoms with Crippen LogP contribution < -0.4 is 10.1 Å². The lowest BCUT2D eigenvalue weighted by molar-refractivity contribution is 0.103. The summed E-state index contributed by atoms with van der Waals surface area (Å²) >= 11 is 0. The quantitative estimate of drug-likeness (QED) is 0.734. The van der Waals surface area contributed by atoms with Gasteiger partial charge in [0.15, 0.2) is 0 Å². The fourth-order valence-corrected chi connectivity index (χ4v) is 2.50. The maximum absolute atomic E-state index is 9.88. The molecule has 2 rings (SSSR count). The number of rotatable bonds is 6. The molecular formula is C16H25NO3. The molecule has 2 atom stereocenters. The van der Waals surface area contributed by atoms with E-state index in [2.05, 4.69) is 5.32 Å².